The van der Waals surface area contributed by atoms with Crippen LogP contribution in [0.25, 0.3) is 21.5 Å². The average molecular weight is 627 g/mol. The summed E-state index contributed by atoms with van der Waals surface area (Å²) in [4.78, 5) is 50.8. The Bertz CT molecular complexity index is 1910. The monoisotopic (exact) mass is 627 g/mol. The Morgan fingerprint density at radius 2 is 1.85 bits per heavy atom. The van der Waals surface area contributed by atoms with Crippen molar-refractivity contribution in [2.75, 3.05) is 7.11 Å². The van der Waals surface area contributed by atoms with Crippen LogP contribution in [0.3, 0.4) is 0 Å². The quantitative estimate of drug-likeness (QED) is 0.253. The number of aryl methyl sites for hydroxylation is 1. The van der Waals surface area contributed by atoms with Gasteiger partial charge in [0.05, 0.1) is 23.1 Å². The summed E-state index contributed by atoms with van der Waals surface area (Å²) in [7, 11) is -1.53. The minimum Gasteiger partial charge on any atom is -0.308 e. The normalized spacial score (nSPS) is 14.1. The fourth-order valence-corrected chi connectivity index (χ4v) is 5.64. The third kappa shape index (κ3) is 5.29. The SMILES string of the molecule is COP(=O)(O)On1c(-c2ccc(C(F)(F)F)c(F)c2F)csc1=NC(=O)Cc1nsc2c1c(=O)n(C)c(=O)n2C. The van der Waals surface area contributed by atoms with E-state index in [-0.39, 0.29) is 22.0 Å². The van der Waals surface area contributed by atoms with Crippen LogP contribution < -0.4 is 20.7 Å². The molecule has 4 rings (SSSR count). The van der Waals surface area contributed by atoms with E-state index in [1.165, 1.54) is 14.1 Å². The van der Waals surface area contributed by atoms with Gasteiger partial charge in [-0.15, -0.1) is 16.1 Å². The van der Waals surface area contributed by atoms with Gasteiger partial charge in [0.2, 0.25) is 4.80 Å². The van der Waals surface area contributed by atoms with Crippen molar-refractivity contribution in [2.45, 2.75) is 12.6 Å². The van der Waals surface area contributed by atoms with Crippen molar-refractivity contribution in [3.63, 3.8) is 0 Å². The Morgan fingerprint density at radius 1 is 1.18 bits per heavy atom. The Balaban J connectivity index is 1.83. The fourth-order valence-electron chi connectivity index (χ4n) is 3.47. The first kappa shape index (κ1) is 29.5. The van der Waals surface area contributed by atoms with E-state index in [4.69, 9.17) is 4.62 Å². The van der Waals surface area contributed by atoms with Crippen molar-refractivity contribution in [3.05, 3.63) is 66.0 Å². The van der Waals surface area contributed by atoms with Crippen molar-refractivity contribution in [3.8, 4) is 11.3 Å². The first-order valence-corrected chi connectivity index (χ1v) is 13.7. The molecule has 20 heteroatoms. The van der Waals surface area contributed by atoms with E-state index in [1.54, 1.807) is 0 Å². The van der Waals surface area contributed by atoms with E-state index in [0.29, 0.717) is 22.1 Å². The summed E-state index contributed by atoms with van der Waals surface area (Å²) in [6, 6.07) is 0.819. The van der Waals surface area contributed by atoms with Crippen molar-refractivity contribution in [1.82, 2.24) is 18.2 Å². The second kappa shape index (κ2) is 10.5. The molecule has 0 saturated heterocycles. The molecule has 3 aromatic heterocycles. The van der Waals surface area contributed by atoms with E-state index < -0.39 is 70.8 Å². The van der Waals surface area contributed by atoms with E-state index in [9.17, 15) is 45.8 Å². The van der Waals surface area contributed by atoms with Gasteiger partial charge in [-0.2, -0.15) is 22.5 Å². The van der Waals surface area contributed by atoms with E-state index in [0.717, 1.165) is 33.2 Å². The van der Waals surface area contributed by atoms with Crippen LogP contribution in [0.4, 0.5) is 22.0 Å². The lowest BCUT2D eigenvalue weighted by atomic mass is 10.1. The number of benzene rings is 1. The summed E-state index contributed by atoms with van der Waals surface area (Å²) in [5.74, 6) is -5.18. The Kier molecular flexibility index (Phi) is 7.72. The van der Waals surface area contributed by atoms with Crippen LogP contribution >= 0.6 is 30.7 Å². The number of amides is 1. The largest absolute Gasteiger partial charge is 0.546 e. The van der Waals surface area contributed by atoms with Crippen LogP contribution in [0.1, 0.15) is 11.3 Å². The minimum atomic E-state index is -5.21. The van der Waals surface area contributed by atoms with E-state index in [2.05, 4.69) is 13.9 Å². The molecule has 12 nitrogen and oxygen atoms in total. The molecule has 0 aliphatic rings. The molecular formula is C20H15F5N5O7PS2. The molecule has 0 fully saturated rings. The average Bonchev–Trinajstić information content (AvgIpc) is 3.46. The van der Waals surface area contributed by atoms with Crippen LogP contribution in [-0.2, 0) is 40.6 Å². The highest BCUT2D eigenvalue weighted by molar-refractivity contribution is 7.47. The molecule has 1 unspecified atom stereocenters. The number of phosphoric ester groups is 1. The number of phosphoric acid groups is 1. The Morgan fingerprint density at radius 3 is 2.48 bits per heavy atom. The van der Waals surface area contributed by atoms with Gasteiger partial charge in [0.1, 0.15) is 10.5 Å². The lowest BCUT2D eigenvalue weighted by Gasteiger charge is -2.15. The van der Waals surface area contributed by atoms with Crippen molar-refractivity contribution >= 4 is 46.8 Å². The summed E-state index contributed by atoms with van der Waals surface area (Å²) in [6.45, 7) is 0. The zero-order valence-corrected chi connectivity index (χ0v) is 22.8. The second-order valence-electron chi connectivity index (χ2n) is 7.91. The predicted molar refractivity (Wildman–Crippen MR) is 130 cm³/mol. The summed E-state index contributed by atoms with van der Waals surface area (Å²) in [6.07, 6.45) is -5.80. The maximum absolute atomic E-state index is 14.7. The van der Waals surface area contributed by atoms with Crippen molar-refractivity contribution in [1.29, 1.82) is 0 Å². The van der Waals surface area contributed by atoms with Crippen LogP contribution in [0.2, 0.25) is 0 Å². The Hall–Kier alpha value is -3.51. The van der Waals surface area contributed by atoms with Crippen LogP contribution in [-0.4, -0.2) is 36.1 Å². The third-order valence-corrected chi connectivity index (χ3v) is 8.03. The highest BCUT2D eigenvalue weighted by atomic mass is 32.1. The van der Waals surface area contributed by atoms with Crippen LogP contribution in [0.5, 0.6) is 0 Å². The molecule has 0 saturated carbocycles. The molecule has 3 heterocycles. The van der Waals surface area contributed by atoms with Gasteiger partial charge in [-0.1, -0.05) is 0 Å². The number of thiazole rings is 1. The number of rotatable bonds is 6. The molecule has 1 aromatic carbocycles. The summed E-state index contributed by atoms with van der Waals surface area (Å²) < 4.78 is 95.5. The topological polar surface area (TPSA) is 147 Å². The number of hydrogen-bond acceptors (Lipinski definition) is 9. The first-order chi connectivity index (χ1) is 18.6. The fraction of sp³-hybridized carbons (Fsp3) is 0.250. The Labute approximate surface area is 226 Å². The third-order valence-electron chi connectivity index (χ3n) is 5.43. The van der Waals surface area contributed by atoms with E-state index >= 15 is 0 Å². The summed E-state index contributed by atoms with van der Waals surface area (Å²) in [5, 5.41) is 0.965. The van der Waals surface area contributed by atoms with Crippen molar-refractivity contribution in [2.24, 2.45) is 19.1 Å². The molecular weight excluding hydrogens is 612 g/mol. The molecule has 0 aliphatic carbocycles. The number of halogens is 5. The van der Waals surface area contributed by atoms with Crippen LogP contribution in [0.15, 0.2) is 32.1 Å². The predicted octanol–water partition coefficient (Wildman–Crippen LogP) is 2.37. The molecule has 0 aliphatic heterocycles. The van der Waals surface area contributed by atoms with Crippen molar-refractivity contribution < 1.29 is 45.4 Å². The van der Waals surface area contributed by atoms with Gasteiger partial charge < -0.3 is 4.62 Å². The molecule has 4 aromatic rings. The van der Waals surface area contributed by atoms with Gasteiger partial charge in [-0.25, -0.2) is 18.1 Å². The van der Waals surface area contributed by atoms with Gasteiger partial charge in [-0.3, -0.25) is 28.1 Å². The number of hydrogen-bond donors (Lipinski definition) is 1. The lowest BCUT2D eigenvalue weighted by molar-refractivity contribution is -0.140. The molecule has 1 atom stereocenters. The zero-order valence-electron chi connectivity index (χ0n) is 20.2. The number of carbonyl (C=O) groups excluding carboxylic acids is 1. The van der Waals surface area contributed by atoms with Gasteiger partial charge in [0.25, 0.3) is 11.5 Å². The van der Waals surface area contributed by atoms with Crippen LogP contribution in [0, 0.1) is 11.6 Å². The number of aromatic nitrogens is 4. The minimum absolute atomic E-state index is 0.0179. The molecule has 40 heavy (non-hydrogen) atoms. The lowest BCUT2D eigenvalue weighted by Crippen LogP contribution is -2.36. The molecule has 1 N–H and O–H groups in total. The van der Waals surface area contributed by atoms with E-state index in [1.807, 2.05) is 0 Å². The van der Waals surface area contributed by atoms with Gasteiger partial charge in [0.15, 0.2) is 11.6 Å². The second-order valence-corrected chi connectivity index (χ2v) is 11.0. The van der Waals surface area contributed by atoms with Gasteiger partial charge in [-0.05, 0) is 23.7 Å². The molecule has 1 amide bonds. The summed E-state index contributed by atoms with van der Waals surface area (Å²) >= 11 is 1.31. The maximum Gasteiger partial charge on any atom is 0.546 e. The van der Waals surface area contributed by atoms with Gasteiger partial charge in [0, 0.05) is 32.1 Å². The molecule has 0 spiro atoms. The number of fused-ring (bicyclic) bond motifs is 1. The first-order valence-electron chi connectivity index (χ1n) is 10.5. The summed E-state index contributed by atoms with van der Waals surface area (Å²) in [5.41, 5.74) is -4.65. The number of alkyl halides is 3. The molecule has 214 valence electrons. The zero-order chi connectivity index (χ0) is 29.7. The standard InChI is InChI=1S/C20H15F5N5O7PS2/c1-28-16(32)13-10(27-40-17(13)29(2)19(28)33)6-12(31)26-18-30(37-38(34,35)36-3)11(7-39-18)8-4-5-9(20(23,24)25)15(22)14(8)21/h4-5,7H,6H2,1-3H3,(H,34,35). The maximum atomic E-state index is 14.7. The highest BCUT2D eigenvalue weighted by Gasteiger charge is 2.37. The van der Waals surface area contributed by atoms with Gasteiger partial charge >= 0.3 is 19.7 Å². The molecule has 0 radical (unpaired) electrons. The number of carbonyl (C=O) groups is 1. The smallest absolute Gasteiger partial charge is 0.308 e. The number of nitrogens with zero attached hydrogens (tertiary/aromatic N) is 5. The highest BCUT2D eigenvalue weighted by Crippen LogP contribution is 2.40. The molecule has 0 bridgehead atoms.